The second kappa shape index (κ2) is 11.4. The lowest BCUT2D eigenvalue weighted by Crippen LogP contribution is -2.28. The highest BCUT2D eigenvalue weighted by Gasteiger charge is 2.34. The van der Waals surface area contributed by atoms with Gasteiger partial charge in [-0.25, -0.2) is 19.9 Å². The molecular weight excluding hydrogens is 525 g/mol. The van der Waals surface area contributed by atoms with E-state index in [0.29, 0.717) is 11.1 Å². The average molecular weight is 543 g/mol. The SMILES string of the molecule is CC(NC(=O)c1cc(NCC(=O)CN)ncn1)c1ncc(C(=O)Nc2cc(C(F)(F)F)c(Cl)cn2)s1. The highest BCUT2D eigenvalue weighted by atomic mass is 35.5. The van der Waals surface area contributed by atoms with Crippen LogP contribution in [0.5, 0.6) is 0 Å². The first-order valence-electron chi connectivity index (χ1n) is 10.1. The molecule has 1 unspecified atom stereocenters. The number of halogens is 4. The Morgan fingerprint density at radius 2 is 1.83 bits per heavy atom. The van der Waals surface area contributed by atoms with Crippen molar-refractivity contribution in [3.63, 3.8) is 0 Å². The Bertz CT molecular complexity index is 1290. The van der Waals surface area contributed by atoms with Gasteiger partial charge in [0, 0.05) is 12.3 Å². The molecule has 0 aliphatic carbocycles. The predicted octanol–water partition coefficient (Wildman–Crippen LogP) is 2.68. The van der Waals surface area contributed by atoms with Crippen LogP contribution >= 0.6 is 22.9 Å². The van der Waals surface area contributed by atoms with E-state index >= 15 is 0 Å². The van der Waals surface area contributed by atoms with E-state index in [9.17, 15) is 27.6 Å². The largest absolute Gasteiger partial charge is 0.418 e. The molecule has 3 heterocycles. The normalized spacial score (nSPS) is 12.1. The first kappa shape index (κ1) is 26.9. The Balaban J connectivity index is 1.64. The zero-order valence-corrected chi connectivity index (χ0v) is 20.0. The van der Waals surface area contributed by atoms with Crippen LogP contribution < -0.4 is 21.7 Å². The Morgan fingerprint density at radius 1 is 1.08 bits per heavy atom. The van der Waals surface area contributed by atoms with Crippen LogP contribution in [-0.4, -0.2) is 50.6 Å². The number of hydrogen-bond acceptors (Lipinski definition) is 10. The predicted molar refractivity (Wildman–Crippen MR) is 125 cm³/mol. The molecule has 0 saturated carbocycles. The molecule has 0 bridgehead atoms. The van der Waals surface area contributed by atoms with Crippen LogP contribution in [0.4, 0.5) is 24.8 Å². The third-order valence-electron chi connectivity index (χ3n) is 4.46. The van der Waals surface area contributed by atoms with Gasteiger partial charge in [-0.05, 0) is 13.0 Å². The van der Waals surface area contributed by atoms with Crippen molar-refractivity contribution in [2.45, 2.75) is 19.1 Å². The highest BCUT2D eigenvalue weighted by molar-refractivity contribution is 7.13. The number of thiazole rings is 1. The van der Waals surface area contributed by atoms with E-state index < -0.39 is 34.6 Å². The van der Waals surface area contributed by atoms with Gasteiger partial charge in [0.15, 0.2) is 5.78 Å². The lowest BCUT2D eigenvalue weighted by Gasteiger charge is -2.11. The van der Waals surface area contributed by atoms with Gasteiger partial charge in [-0.1, -0.05) is 11.6 Å². The fourth-order valence-electron chi connectivity index (χ4n) is 2.67. The summed E-state index contributed by atoms with van der Waals surface area (Å²) >= 11 is 6.46. The van der Waals surface area contributed by atoms with Gasteiger partial charge in [0.2, 0.25) is 0 Å². The zero-order valence-electron chi connectivity index (χ0n) is 18.4. The summed E-state index contributed by atoms with van der Waals surface area (Å²) in [5.74, 6) is -1.63. The lowest BCUT2D eigenvalue weighted by atomic mass is 10.2. The lowest BCUT2D eigenvalue weighted by molar-refractivity contribution is -0.137. The maximum absolute atomic E-state index is 13.0. The van der Waals surface area contributed by atoms with Gasteiger partial charge in [-0.2, -0.15) is 13.2 Å². The molecule has 16 heteroatoms. The summed E-state index contributed by atoms with van der Waals surface area (Å²) in [4.78, 5) is 52.0. The summed E-state index contributed by atoms with van der Waals surface area (Å²) in [5, 5.41) is 7.43. The standard InChI is InChI=1S/C20H18ClF3N8O3S/c1-9(31-17(34)13-3-15(30-8-29-13)26-5-10(33)4-25)19-28-7-14(36-19)18(35)32-16-2-11(20(22,23)24)12(21)6-27-16/h2-3,6-9H,4-5,25H2,1H3,(H,31,34)(H,26,29,30)(H,27,32,35). The summed E-state index contributed by atoms with van der Waals surface area (Å²) in [5.41, 5.74) is 4.13. The third kappa shape index (κ3) is 6.93. The Kier molecular flexibility index (Phi) is 8.49. The summed E-state index contributed by atoms with van der Waals surface area (Å²) in [6, 6.07) is 1.34. The van der Waals surface area contributed by atoms with Crippen LogP contribution in [0.1, 0.15) is 43.7 Å². The minimum Gasteiger partial charge on any atom is -0.363 e. The average Bonchev–Trinajstić information content (AvgIpc) is 3.34. The van der Waals surface area contributed by atoms with Crippen LogP contribution in [-0.2, 0) is 11.0 Å². The van der Waals surface area contributed by atoms with Crippen LogP contribution in [0, 0.1) is 0 Å². The van der Waals surface area contributed by atoms with Crippen molar-refractivity contribution in [1.82, 2.24) is 25.3 Å². The van der Waals surface area contributed by atoms with Gasteiger partial charge in [0.1, 0.15) is 33.5 Å². The molecule has 0 aliphatic rings. The number of anilines is 2. The Labute approximate surface area is 210 Å². The number of aromatic nitrogens is 4. The number of carbonyl (C=O) groups excluding carboxylic acids is 3. The van der Waals surface area contributed by atoms with Crippen LogP contribution in [0.3, 0.4) is 0 Å². The van der Waals surface area contributed by atoms with Gasteiger partial charge >= 0.3 is 6.18 Å². The van der Waals surface area contributed by atoms with E-state index in [1.54, 1.807) is 6.92 Å². The number of nitrogens with two attached hydrogens (primary N) is 1. The molecule has 11 nitrogen and oxygen atoms in total. The fraction of sp³-hybridized carbons (Fsp3) is 0.250. The molecule has 5 N–H and O–H groups in total. The Hall–Kier alpha value is -3.69. The number of carbonyl (C=O) groups is 3. The van der Waals surface area contributed by atoms with Crippen LogP contribution in [0.2, 0.25) is 5.02 Å². The Morgan fingerprint density at radius 3 is 2.53 bits per heavy atom. The molecule has 0 aromatic carbocycles. The van der Waals surface area contributed by atoms with Crippen molar-refractivity contribution >= 4 is 52.2 Å². The topological polar surface area (TPSA) is 165 Å². The minimum absolute atomic E-state index is 0.0170. The number of nitrogens with zero attached hydrogens (tertiary/aromatic N) is 4. The molecule has 0 fully saturated rings. The molecule has 0 radical (unpaired) electrons. The van der Waals surface area contributed by atoms with E-state index in [2.05, 4.69) is 35.9 Å². The molecule has 3 aromatic heterocycles. The number of nitrogens with one attached hydrogen (secondary N) is 3. The van der Waals surface area contributed by atoms with E-state index in [1.165, 1.54) is 12.3 Å². The second-order valence-corrected chi connectivity index (χ2v) is 8.61. The van der Waals surface area contributed by atoms with E-state index in [4.69, 9.17) is 17.3 Å². The number of alkyl halides is 3. The van der Waals surface area contributed by atoms with Gasteiger partial charge in [-0.3, -0.25) is 14.4 Å². The number of Topliss-reactive ketones (excluding diaryl/α,β-unsaturated/α-hetero) is 1. The van der Waals surface area contributed by atoms with Crippen molar-refractivity contribution in [3.05, 3.63) is 57.0 Å². The molecule has 0 spiro atoms. The molecule has 0 saturated heterocycles. The quantitative estimate of drug-likeness (QED) is 0.318. The van der Waals surface area contributed by atoms with Gasteiger partial charge in [0.25, 0.3) is 11.8 Å². The summed E-state index contributed by atoms with van der Waals surface area (Å²) < 4.78 is 39.1. The molecule has 1 atom stereocenters. The smallest absolute Gasteiger partial charge is 0.363 e. The first-order chi connectivity index (χ1) is 17.0. The van der Waals surface area contributed by atoms with E-state index in [-0.39, 0.29) is 41.1 Å². The van der Waals surface area contributed by atoms with Crippen molar-refractivity contribution in [3.8, 4) is 0 Å². The molecule has 3 aromatic rings. The van der Waals surface area contributed by atoms with Gasteiger partial charge in [0.05, 0.1) is 35.9 Å². The molecular formula is C20H18ClF3N8O3S. The molecule has 3 rings (SSSR count). The van der Waals surface area contributed by atoms with Crippen molar-refractivity contribution in [2.75, 3.05) is 23.7 Å². The summed E-state index contributed by atoms with van der Waals surface area (Å²) in [6.45, 7) is 1.43. The van der Waals surface area contributed by atoms with Crippen molar-refractivity contribution < 1.29 is 27.6 Å². The first-order valence-corrected chi connectivity index (χ1v) is 11.3. The molecule has 2 amide bonds. The minimum atomic E-state index is -4.72. The van der Waals surface area contributed by atoms with Crippen molar-refractivity contribution in [1.29, 1.82) is 0 Å². The molecule has 36 heavy (non-hydrogen) atoms. The number of hydrogen-bond donors (Lipinski definition) is 4. The molecule has 190 valence electrons. The van der Waals surface area contributed by atoms with E-state index in [1.807, 2.05) is 0 Å². The van der Waals surface area contributed by atoms with Crippen LogP contribution in [0.25, 0.3) is 0 Å². The molecule has 0 aliphatic heterocycles. The number of amides is 2. The number of rotatable bonds is 9. The monoisotopic (exact) mass is 542 g/mol. The zero-order chi connectivity index (χ0) is 26.5. The van der Waals surface area contributed by atoms with Gasteiger partial charge < -0.3 is 21.7 Å². The maximum atomic E-state index is 13.0. The number of pyridine rings is 1. The second-order valence-electron chi connectivity index (χ2n) is 7.14. The fourth-order valence-corrected chi connectivity index (χ4v) is 3.69. The maximum Gasteiger partial charge on any atom is 0.418 e. The third-order valence-corrected chi connectivity index (χ3v) is 5.94. The van der Waals surface area contributed by atoms with Gasteiger partial charge in [-0.15, -0.1) is 11.3 Å². The summed E-state index contributed by atoms with van der Waals surface area (Å²) in [7, 11) is 0. The summed E-state index contributed by atoms with van der Waals surface area (Å²) in [6.07, 6.45) is -1.55. The van der Waals surface area contributed by atoms with E-state index in [0.717, 1.165) is 23.9 Å². The number of ketones is 1. The van der Waals surface area contributed by atoms with Crippen LogP contribution in [0.15, 0.2) is 30.9 Å². The highest BCUT2D eigenvalue weighted by Crippen LogP contribution is 2.35. The van der Waals surface area contributed by atoms with Crippen molar-refractivity contribution in [2.24, 2.45) is 5.73 Å².